The van der Waals surface area contributed by atoms with Crippen LogP contribution in [-0.4, -0.2) is 36.4 Å². The highest BCUT2D eigenvalue weighted by atomic mass is 35.5. The Labute approximate surface area is 178 Å². The molecular formula is C18H18Cl2N4O4S. The second-order valence-electron chi connectivity index (χ2n) is 6.48. The van der Waals surface area contributed by atoms with Gasteiger partial charge in [-0.05, 0) is 50.1 Å². The van der Waals surface area contributed by atoms with Crippen molar-refractivity contribution in [2.75, 3.05) is 18.5 Å². The lowest BCUT2D eigenvalue weighted by Crippen LogP contribution is -2.27. The van der Waals surface area contributed by atoms with Gasteiger partial charge in [-0.1, -0.05) is 23.2 Å². The molecule has 2 aromatic carbocycles. The largest absolute Gasteiger partial charge is 0.295 e. The second-order valence-corrected chi connectivity index (χ2v) is 9.26. The molecule has 0 spiro atoms. The summed E-state index contributed by atoms with van der Waals surface area (Å²) in [5, 5.41) is 16.5. The molecule has 11 heteroatoms. The second kappa shape index (κ2) is 8.66. The van der Waals surface area contributed by atoms with Crippen LogP contribution in [0.3, 0.4) is 0 Å². The van der Waals surface area contributed by atoms with Gasteiger partial charge in [-0.25, -0.2) is 8.42 Å². The van der Waals surface area contributed by atoms with Crippen LogP contribution in [-0.2, 0) is 10.0 Å². The zero-order valence-electron chi connectivity index (χ0n) is 15.4. The van der Waals surface area contributed by atoms with Crippen molar-refractivity contribution in [2.45, 2.75) is 24.7 Å². The fraction of sp³-hybridized carbons (Fsp3) is 0.278. The highest BCUT2D eigenvalue weighted by Gasteiger charge is 2.29. The van der Waals surface area contributed by atoms with E-state index in [0.29, 0.717) is 34.4 Å². The summed E-state index contributed by atoms with van der Waals surface area (Å²) in [6, 6.07) is 8.60. The van der Waals surface area contributed by atoms with Crippen molar-refractivity contribution in [3.63, 3.8) is 0 Å². The Bertz CT molecular complexity index is 1080. The number of hydrazone groups is 1. The molecule has 3 rings (SSSR count). The lowest BCUT2D eigenvalue weighted by molar-refractivity contribution is -0.384. The third kappa shape index (κ3) is 4.69. The van der Waals surface area contributed by atoms with Crippen LogP contribution in [0.5, 0.6) is 0 Å². The lowest BCUT2D eigenvalue weighted by atomic mass is 10.1. The molecule has 8 nitrogen and oxygen atoms in total. The maximum Gasteiger partial charge on any atom is 0.295 e. The summed E-state index contributed by atoms with van der Waals surface area (Å²) in [6.45, 7) is 2.50. The summed E-state index contributed by atoms with van der Waals surface area (Å²) in [4.78, 5) is 10.7. The number of nitro benzene ring substituents is 1. The molecule has 1 aliphatic rings. The first kappa shape index (κ1) is 21.5. The summed E-state index contributed by atoms with van der Waals surface area (Å²) < 4.78 is 26.7. The van der Waals surface area contributed by atoms with E-state index in [4.69, 9.17) is 23.2 Å². The van der Waals surface area contributed by atoms with Crippen molar-refractivity contribution in [3.05, 3.63) is 62.1 Å². The number of benzene rings is 2. The summed E-state index contributed by atoms with van der Waals surface area (Å²) >= 11 is 12.1. The van der Waals surface area contributed by atoms with Crippen molar-refractivity contribution in [1.29, 1.82) is 0 Å². The predicted octanol–water partition coefficient (Wildman–Crippen LogP) is 4.52. The number of rotatable bonds is 6. The van der Waals surface area contributed by atoms with E-state index in [-0.39, 0.29) is 16.3 Å². The molecule has 0 amide bonds. The van der Waals surface area contributed by atoms with E-state index >= 15 is 0 Å². The molecular weight excluding hydrogens is 439 g/mol. The van der Waals surface area contributed by atoms with Gasteiger partial charge in [0.2, 0.25) is 10.0 Å². The van der Waals surface area contributed by atoms with Gasteiger partial charge in [-0.2, -0.15) is 9.41 Å². The Morgan fingerprint density at radius 3 is 2.52 bits per heavy atom. The van der Waals surface area contributed by atoms with Crippen molar-refractivity contribution in [3.8, 4) is 0 Å². The van der Waals surface area contributed by atoms with Gasteiger partial charge < -0.3 is 0 Å². The molecule has 1 saturated heterocycles. The van der Waals surface area contributed by atoms with Crippen molar-refractivity contribution in [2.24, 2.45) is 5.10 Å². The van der Waals surface area contributed by atoms with Crippen molar-refractivity contribution >= 4 is 50.3 Å². The lowest BCUT2D eigenvalue weighted by Gasteiger charge is -2.15. The van der Waals surface area contributed by atoms with Gasteiger partial charge in [-0.15, -0.1) is 0 Å². The highest BCUT2D eigenvalue weighted by Crippen LogP contribution is 2.30. The van der Waals surface area contributed by atoms with Gasteiger partial charge >= 0.3 is 0 Å². The zero-order chi connectivity index (χ0) is 21.2. The molecule has 1 fully saturated rings. The minimum atomic E-state index is -3.76. The van der Waals surface area contributed by atoms with Gasteiger partial charge in [0, 0.05) is 34.8 Å². The van der Waals surface area contributed by atoms with E-state index in [2.05, 4.69) is 10.5 Å². The van der Waals surface area contributed by atoms with Crippen LogP contribution in [0.4, 0.5) is 11.4 Å². The molecule has 0 saturated carbocycles. The summed E-state index contributed by atoms with van der Waals surface area (Å²) in [7, 11) is -3.76. The molecule has 1 N–H and O–H groups in total. The first-order valence-corrected chi connectivity index (χ1v) is 10.9. The molecule has 1 aliphatic heterocycles. The van der Waals surface area contributed by atoms with Crippen LogP contribution in [0.15, 0.2) is 46.4 Å². The third-order valence-electron chi connectivity index (χ3n) is 4.53. The first-order valence-electron chi connectivity index (χ1n) is 8.74. The monoisotopic (exact) mass is 456 g/mol. The van der Waals surface area contributed by atoms with Crippen LogP contribution in [0.1, 0.15) is 25.3 Å². The number of hydrogen-bond acceptors (Lipinski definition) is 6. The minimum Gasteiger partial charge on any atom is -0.271 e. The quantitative estimate of drug-likeness (QED) is 0.390. The average molecular weight is 457 g/mol. The maximum atomic E-state index is 12.7. The molecule has 0 unspecified atom stereocenters. The van der Waals surface area contributed by atoms with Crippen LogP contribution in [0.2, 0.25) is 10.0 Å². The fourth-order valence-corrected chi connectivity index (χ4v) is 4.94. The van der Waals surface area contributed by atoms with E-state index in [0.717, 1.165) is 18.9 Å². The Hall–Kier alpha value is -2.20. The Balaban J connectivity index is 1.92. The third-order valence-corrected chi connectivity index (χ3v) is 6.99. The summed E-state index contributed by atoms with van der Waals surface area (Å²) in [5.41, 5.74) is 3.33. The van der Waals surface area contributed by atoms with Gasteiger partial charge in [0.05, 0.1) is 15.5 Å². The number of nitrogens with one attached hydrogen (secondary N) is 1. The molecule has 0 atom stereocenters. The van der Waals surface area contributed by atoms with E-state index in [9.17, 15) is 18.5 Å². The average Bonchev–Trinajstić information content (AvgIpc) is 3.23. The number of anilines is 1. The predicted molar refractivity (Wildman–Crippen MR) is 113 cm³/mol. The molecule has 29 heavy (non-hydrogen) atoms. The van der Waals surface area contributed by atoms with Crippen LogP contribution >= 0.6 is 23.2 Å². The number of halogens is 2. The maximum absolute atomic E-state index is 12.7. The van der Waals surface area contributed by atoms with Crippen LogP contribution in [0, 0.1) is 10.1 Å². The zero-order valence-corrected chi connectivity index (χ0v) is 17.8. The molecule has 0 bridgehead atoms. The van der Waals surface area contributed by atoms with E-state index < -0.39 is 14.9 Å². The smallest absolute Gasteiger partial charge is 0.271 e. The summed E-state index contributed by atoms with van der Waals surface area (Å²) in [6.07, 6.45) is 1.56. The van der Waals surface area contributed by atoms with Crippen LogP contribution in [0.25, 0.3) is 0 Å². The number of sulfonamides is 1. The number of hydrogen-bond donors (Lipinski definition) is 1. The van der Waals surface area contributed by atoms with E-state index in [1.807, 2.05) is 0 Å². The Morgan fingerprint density at radius 1 is 1.17 bits per heavy atom. The SMILES string of the molecule is CC(=NNc1ccc(S(=O)(=O)N2CCCC2)cc1[N+](=O)[O-])c1cc(Cl)ccc1Cl. The summed E-state index contributed by atoms with van der Waals surface area (Å²) in [5.74, 6) is 0. The molecule has 0 aromatic heterocycles. The van der Waals surface area contributed by atoms with Crippen molar-refractivity contribution < 1.29 is 13.3 Å². The Kier molecular flexibility index (Phi) is 6.42. The number of nitro groups is 1. The molecule has 0 radical (unpaired) electrons. The molecule has 0 aliphatic carbocycles. The first-order chi connectivity index (χ1) is 13.7. The van der Waals surface area contributed by atoms with Gasteiger partial charge in [0.25, 0.3) is 5.69 Å². The fourth-order valence-electron chi connectivity index (χ4n) is 2.97. The molecule has 1 heterocycles. The number of nitrogens with zero attached hydrogens (tertiary/aromatic N) is 3. The van der Waals surface area contributed by atoms with Crippen LogP contribution < -0.4 is 5.43 Å². The Morgan fingerprint density at radius 2 is 1.86 bits per heavy atom. The topological polar surface area (TPSA) is 105 Å². The molecule has 2 aromatic rings. The molecule has 154 valence electrons. The highest BCUT2D eigenvalue weighted by molar-refractivity contribution is 7.89. The van der Waals surface area contributed by atoms with Gasteiger partial charge in [-0.3, -0.25) is 15.5 Å². The normalized spacial score (nSPS) is 15.5. The van der Waals surface area contributed by atoms with Gasteiger partial charge in [0.1, 0.15) is 5.69 Å². The van der Waals surface area contributed by atoms with E-state index in [1.54, 1.807) is 25.1 Å². The van der Waals surface area contributed by atoms with Crippen molar-refractivity contribution in [1.82, 2.24) is 4.31 Å². The minimum absolute atomic E-state index is 0.0628. The van der Waals surface area contributed by atoms with Gasteiger partial charge in [0.15, 0.2) is 0 Å². The van der Waals surface area contributed by atoms with E-state index in [1.165, 1.54) is 16.4 Å². The standard InChI is InChI=1S/C18H18Cl2N4O4S/c1-12(15-10-13(19)4-6-16(15)20)21-22-17-7-5-14(11-18(17)24(25)26)29(27,28)23-8-2-3-9-23/h4-7,10-11,22H,2-3,8-9H2,1H3.